The van der Waals surface area contributed by atoms with Gasteiger partial charge in [-0.15, -0.1) is 0 Å². The molecule has 0 unspecified atom stereocenters. The molecule has 0 aromatic carbocycles. The molecule has 6 heteroatoms. The van der Waals surface area contributed by atoms with Crippen LogP contribution in [0.25, 0.3) is 0 Å². The number of rotatable bonds is 4. The van der Waals surface area contributed by atoms with Crippen LogP contribution in [0.3, 0.4) is 0 Å². The number of Topliss-reactive ketones (excluding diaryl/α,β-unsaturated/α-hetero) is 1. The van der Waals surface area contributed by atoms with Crippen LogP contribution in [0, 0.1) is 0 Å². The lowest BCUT2D eigenvalue weighted by Gasteiger charge is -1.94. The highest BCUT2D eigenvalue weighted by atomic mass is 79.9. The van der Waals surface area contributed by atoms with Crippen molar-refractivity contribution < 1.29 is 14.4 Å². The summed E-state index contributed by atoms with van der Waals surface area (Å²) in [4.78, 5) is 25.5. The van der Waals surface area contributed by atoms with Crippen molar-refractivity contribution in [3.8, 4) is 0 Å². The summed E-state index contributed by atoms with van der Waals surface area (Å²) in [6.07, 6.45) is 0. The van der Waals surface area contributed by atoms with E-state index >= 15 is 0 Å². The summed E-state index contributed by atoms with van der Waals surface area (Å²) in [6, 6.07) is 0. The van der Waals surface area contributed by atoms with Gasteiger partial charge in [-0.3, -0.25) is 9.59 Å². The third-order valence-electron chi connectivity index (χ3n) is 0.754. The molecule has 0 aliphatic carbocycles. The van der Waals surface area contributed by atoms with Crippen molar-refractivity contribution in [1.82, 2.24) is 0 Å². The van der Waals surface area contributed by atoms with Gasteiger partial charge in [0.2, 0.25) is 5.71 Å². The summed E-state index contributed by atoms with van der Waals surface area (Å²) >= 11 is 7.86. The molecule has 0 heterocycles. The second-order valence-corrected chi connectivity index (χ2v) is 2.36. The van der Waals surface area contributed by atoms with E-state index in [9.17, 15) is 9.59 Å². The zero-order valence-corrected chi connectivity index (χ0v) is 7.98. The zero-order chi connectivity index (χ0) is 8.85. The molecule has 0 saturated carbocycles. The number of halogens is 2. The van der Waals surface area contributed by atoms with E-state index < -0.39 is 16.7 Å². The Morgan fingerprint density at radius 2 is 2.18 bits per heavy atom. The Balaban J connectivity index is 4.48. The van der Waals surface area contributed by atoms with E-state index in [1.807, 2.05) is 0 Å². The van der Waals surface area contributed by atoms with Crippen LogP contribution in [0.5, 0.6) is 0 Å². The van der Waals surface area contributed by atoms with Crippen molar-refractivity contribution in [3.05, 3.63) is 0 Å². The van der Waals surface area contributed by atoms with Crippen molar-refractivity contribution in [2.24, 2.45) is 5.16 Å². The van der Waals surface area contributed by atoms with E-state index in [0.29, 0.717) is 0 Å². The van der Waals surface area contributed by atoms with Crippen molar-refractivity contribution in [2.75, 3.05) is 12.4 Å². The van der Waals surface area contributed by atoms with Crippen LogP contribution in [-0.4, -0.2) is 29.2 Å². The average Bonchev–Trinajstić information content (AvgIpc) is 1.98. The molecule has 62 valence electrons. The first kappa shape index (κ1) is 10.6. The van der Waals surface area contributed by atoms with E-state index in [4.69, 9.17) is 11.6 Å². The lowest BCUT2D eigenvalue weighted by Crippen LogP contribution is -2.21. The number of carbonyl (C=O) groups is 2. The lowest BCUT2D eigenvalue weighted by molar-refractivity contribution is -0.112. The van der Waals surface area contributed by atoms with Crippen molar-refractivity contribution >= 4 is 44.3 Å². The number of hydrogen-bond donors (Lipinski definition) is 0. The standard InChI is InChI=1S/C5H5BrClNO3/c1-11-8-4(5(7)10)3(9)2-6/h2H2,1H3/b8-4+. The Bertz CT molecular complexity index is 204. The Morgan fingerprint density at radius 1 is 1.64 bits per heavy atom. The first-order valence-corrected chi connectivity index (χ1v) is 4.03. The van der Waals surface area contributed by atoms with Crippen molar-refractivity contribution in [3.63, 3.8) is 0 Å². The van der Waals surface area contributed by atoms with Crippen LogP contribution in [0.15, 0.2) is 5.16 Å². The molecule has 0 aromatic heterocycles. The molecule has 0 fully saturated rings. The summed E-state index contributed by atoms with van der Waals surface area (Å²) < 4.78 is 0. The molecule has 0 aliphatic heterocycles. The van der Waals surface area contributed by atoms with E-state index in [0.717, 1.165) is 0 Å². The third-order valence-corrected chi connectivity index (χ3v) is 1.44. The van der Waals surface area contributed by atoms with Gasteiger partial charge < -0.3 is 4.84 Å². The van der Waals surface area contributed by atoms with Gasteiger partial charge >= 0.3 is 0 Å². The molecule has 0 amide bonds. The molecule has 0 aromatic rings. The molecule has 0 saturated heterocycles. The van der Waals surface area contributed by atoms with Crippen molar-refractivity contribution in [1.29, 1.82) is 0 Å². The van der Waals surface area contributed by atoms with Crippen molar-refractivity contribution in [2.45, 2.75) is 0 Å². The van der Waals surface area contributed by atoms with Crippen LogP contribution in [-0.2, 0) is 14.4 Å². The summed E-state index contributed by atoms with van der Waals surface area (Å²) in [7, 11) is 1.22. The minimum atomic E-state index is -0.920. The molecule has 0 bridgehead atoms. The number of alkyl halides is 1. The number of nitrogens with zero attached hydrogens (tertiary/aromatic N) is 1. The summed E-state index contributed by atoms with van der Waals surface area (Å²) in [5.41, 5.74) is -0.397. The van der Waals surface area contributed by atoms with Gasteiger partial charge in [-0.1, -0.05) is 21.1 Å². The Hall–Kier alpha value is -0.420. The molecular formula is C5H5BrClNO3. The maximum absolute atomic E-state index is 10.8. The molecule has 0 spiro atoms. The Kier molecular flexibility index (Phi) is 5.06. The monoisotopic (exact) mass is 241 g/mol. The van der Waals surface area contributed by atoms with Gasteiger partial charge in [0, 0.05) is 0 Å². The minimum absolute atomic E-state index is 0.00630. The van der Waals surface area contributed by atoms with Gasteiger partial charge in [-0.05, 0) is 11.6 Å². The van der Waals surface area contributed by atoms with Crippen LogP contribution in [0.1, 0.15) is 0 Å². The maximum Gasteiger partial charge on any atom is 0.277 e. The molecule has 11 heavy (non-hydrogen) atoms. The molecule has 0 aliphatic rings. The van der Waals surface area contributed by atoms with Crippen LogP contribution >= 0.6 is 27.5 Å². The van der Waals surface area contributed by atoms with Gasteiger partial charge in [0.1, 0.15) is 7.11 Å². The highest BCUT2D eigenvalue weighted by Crippen LogP contribution is 1.93. The first-order chi connectivity index (χ1) is 5.13. The number of carbonyl (C=O) groups excluding carboxylic acids is 2. The third kappa shape index (κ3) is 3.48. The van der Waals surface area contributed by atoms with Crippen LogP contribution < -0.4 is 0 Å². The van der Waals surface area contributed by atoms with E-state index in [2.05, 4.69) is 25.9 Å². The second kappa shape index (κ2) is 5.26. The topological polar surface area (TPSA) is 55.7 Å². The highest BCUT2D eigenvalue weighted by Gasteiger charge is 2.17. The zero-order valence-electron chi connectivity index (χ0n) is 5.63. The fourth-order valence-electron chi connectivity index (χ4n) is 0.351. The molecule has 0 N–H and O–H groups in total. The van der Waals surface area contributed by atoms with E-state index in [-0.39, 0.29) is 5.33 Å². The second-order valence-electron chi connectivity index (χ2n) is 1.45. The fourth-order valence-corrected chi connectivity index (χ4v) is 0.756. The van der Waals surface area contributed by atoms with Gasteiger partial charge in [0.15, 0.2) is 5.78 Å². The smallest absolute Gasteiger partial charge is 0.277 e. The Morgan fingerprint density at radius 3 is 2.45 bits per heavy atom. The van der Waals surface area contributed by atoms with Crippen LogP contribution in [0.4, 0.5) is 0 Å². The lowest BCUT2D eigenvalue weighted by atomic mass is 10.3. The predicted molar refractivity (Wildman–Crippen MR) is 44.1 cm³/mol. The SMILES string of the molecule is CO/N=C(/C(=O)Cl)C(=O)CBr. The highest BCUT2D eigenvalue weighted by molar-refractivity contribution is 9.09. The van der Waals surface area contributed by atoms with Gasteiger partial charge in [-0.2, -0.15) is 0 Å². The van der Waals surface area contributed by atoms with E-state index in [1.165, 1.54) is 7.11 Å². The van der Waals surface area contributed by atoms with Crippen LogP contribution in [0.2, 0.25) is 0 Å². The number of oxime groups is 1. The van der Waals surface area contributed by atoms with Gasteiger partial charge in [0.05, 0.1) is 5.33 Å². The quantitative estimate of drug-likeness (QED) is 0.240. The largest absolute Gasteiger partial charge is 0.398 e. The molecule has 4 nitrogen and oxygen atoms in total. The normalized spacial score (nSPS) is 11.0. The molecule has 0 atom stereocenters. The van der Waals surface area contributed by atoms with Gasteiger partial charge in [0.25, 0.3) is 5.24 Å². The molecule has 0 radical (unpaired) electrons. The number of ketones is 1. The summed E-state index contributed by atoms with van der Waals surface area (Å²) in [5, 5.41) is 2.22. The average molecular weight is 242 g/mol. The first-order valence-electron chi connectivity index (χ1n) is 2.53. The molecular weight excluding hydrogens is 237 g/mol. The molecule has 0 rings (SSSR count). The fraction of sp³-hybridized carbons (Fsp3) is 0.400. The minimum Gasteiger partial charge on any atom is -0.398 e. The maximum atomic E-state index is 10.8. The van der Waals surface area contributed by atoms with Gasteiger partial charge in [-0.25, -0.2) is 0 Å². The van der Waals surface area contributed by atoms with E-state index in [1.54, 1.807) is 0 Å². The summed E-state index contributed by atoms with van der Waals surface area (Å²) in [5.74, 6) is -0.508. The number of hydrogen-bond acceptors (Lipinski definition) is 4. The predicted octanol–water partition coefficient (Wildman–Crippen LogP) is 0.718. The summed E-state index contributed by atoms with van der Waals surface area (Å²) in [6.45, 7) is 0. The Labute approximate surface area is 76.7 Å².